The van der Waals surface area contributed by atoms with E-state index >= 15 is 0 Å². The van der Waals surface area contributed by atoms with Gasteiger partial charge in [-0.2, -0.15) is 0 Å². The lowest BCUT2D eigenvalue weighted by Crippen LogP contribution is -2.10. The van der Waals surface area contributed by atoms with Gasteiger partial charge in [-0.15, -0.1) is 5.10 Å². The van der Waals surface area contributed by atoms with Gasteiger partial charge in [0.1, 0.15) is 17.0 Å². The number of benzene rings is 1. The standard InChI is InChI=1S/C17H12Cl3N5O/c18-10-2-3-12(13(19)6-10)16(26)14-8-25(24-23-14)7-11-5-9-1-4-15(20)22-17(9)21-11/h1-4,6,8,16,26H,5,7H2. The Labute approximate surface area is 164 Å². The first-order valence-electron chi connectivity index (χ1n) is 7.74. The van der Waals surface area contributed by atoms with Crippen molar-refractivity contribution in [2.24, 2.45) is 4.99 Å². The largest absolute Gasteiger partial charge is 0.382 e. The van der Waals surface area contributed by atoms with Crippen LogP contribution < -0.4 is 0 Å². The van der Waals surface area contributed by atoms with Crippen LogP contribution in [-0.4, -0.2) is 30.8 Å². The number of hydrogen-bond acceptors (Lipinski definition) is 5. The molecule has 0 aliphatic carbocycles. The molecule has 1 unspecified atom stereocenters. The molecule has 6 nitrogen and oxygen atoms in total. The summed E-state index contributed by atoms with van der Waals surface area (Å²) in [5, 5.41) is 19.9. The number of aliphatic imine (C=N–C) groups is 1. The zero-order valence-electron chi connectivity index (χ0n) is 13.3. The third-order valence-electron chi connectivity index (χ3n) is 4.02. The molecule has 2 aromatic heterocycles. The van der Waals surface area contributed by atoms with Crippen molar-refractivity contribution in [3.05, 3.63) is 68.5 Å². The van der Waals surface area contributed by atoms with Gasteiger partial charge in [0.2, 0.25) is 0 Å². The number of aliphatic hydroxyl groups is 1. The highest BCUT2D eigenvalue weighted by molar-refractivity contribution is 6.35. The molecule has 1 aromatic carbocycles. The number of aliphatic hydroxyl groups excluding tert-OH is 1. The van der Waals surface area contributed by atoms with Crippen LogP contribution in [0.15, 0.2) is 41.5 Å². The number of halogens is 3. The molecular weight excluding hydrogens is 397 g/mol. The molecule has 0 spiro atoms. The molecule has 1 atom stereocenters. The molecular formula is C17H12Cl3N5O. The quantitative estimate of drug-likeness (QED) is 0.661. The van der Waals surface area contributed by atoms with Gasteiger partial charge in [0.15, 0.2) is 5.82 Å². The van der Waals surface area contributed by atoms with Crippen LogP contribution in [0.1, 0.15) is 22.9 Å². The third kappa shape index (κ3) is 3.46. The molecule has 0 amide bonds. The molecule has 4 rings (SSSR count). The van der Waals surface area contributed by atoms with Crippen LogP contribution in [0.25, 0.3) is 0 Å². The molecule has 0 radical (unpaired) electrons. The number of nitrogens with zero attached hydrogens (tertiary/aromatic N) is 5. The molecule has 1 aliphatic rings. The van der Waals surface area contributed by atoms with E-state index in [1.807, 2.05) is 6.07 Å². The molecule has 1 N–H and O–H groups in total. The van der Waals surface area contributed by atoms with Gasteiger partial charge in [-0.25, -0.2) is 14.7 Å². The van der Waals surface area contributed by atoms with Gasteiger partial charge < -0.3 is 5.11 Å². The van der Waals surface area contributed by atoms with Crippen LogP contribution in [0.2, 0.25) is 15.2 Å². The lowest BCUT2D eigenvalue weighted by Gasteiger charge is -2.09. The number of rotatable bonds is 4. The SMILES string of the molecule is OC(c1cn(CC2=Nc3nc(Cl)ccc3C2)nn1)c1ccc(Cl)cc1Cl. The van der Waals surface area contributed by atoms with E-state index in [0.29, 0.717) is 45.2 Å². The fourth-order valence-corrected chi connectivity index (χ4v) is 3.43. The first-order chi connectivity index (χ1) is 12.5. The van der Waals surface area contributed by atoms with Gasteiger partial charge in [-0.3, -0.25) is 0 Å². The lowest BCUT2D eigenvalue weighted by molar-refractivity contribution is 0.215. The number of hydrogen-bond donors (Lipinski definition) is 1. The van der Waals surface area contributed by atoms with Crippen molar-refractivity contribution < 1.29 is 5.11 Å². The van der Waals surface area contributed by atoms with E-state index in [1.54, 1.807) is 35.1 Å². The van der Waals surface area contributed by atoms with E-state index in [9.17, 15) is 5.11 Å². The lowest BCUT2D eigenvalue weighted by atomic mass is 10.1. The summed E-state index contributed by atoms with van der Waals surface area (Å²) in [6.45, 7) is 0.446. The van der Waals surface area contributed by atoms with Gasteiger partial charge in [0.25, 0.3) is 0 Å². The maximum Gasteiger partial charge on any atom is 0.157 e. The Morgan fingerprint density at radius 1 is 1.15 bits per heavy atom. The Kier molecular flexibility index (Phi) is 4.67. The average Bonchev–Trinajstić information content (AvgIpc) is 3.20. The van der Waals surface area contributed by atoms with Gasteiger partial charge >= 0.3 is 0 Å². The second kappa shape index (κ2) is 6.96. The fourth-order valence-electron chi connectivity index (χ4n) is 2.77. The van der Waals surface area contributed by atoms with Crippen LogP contribution >= 0.6 is 34.8 Å². The summed E-state index contributed by atoms with van der Waals surface area (Å²) < 4.78 is 1.62. The molecule has 1 aliphatic heterocycles. The topological polar surface area (TPSA) is 76.2 Å². The second-order valence-corrected chi connectivity index (χ2v) is 7.11. The van der Waals surface area contributed by atoms with Gasteiger partial charge in [-0.1, -0.05) is 52.1 Å². The van der Waals surface area contributed by atoms with E-state index in [0.717, 1.165) is 11.3 Å². The van der Waals surface area contributed by atoms with E-state index in [2.05, 4.69) is 20.3 Å². The fraction of sp³-hybridized carbons (Fsp3) is 0.176. The Morgan fingerprint density at radius 3 is 2.81 bits per heavy atom. The average molecular weight is 409 g/mol. The summed E-state index contributed by atoms with van der Waals surface area (Å²) in [6.07, 6.45) is 1.36. The Bertz CT molecular complexity index is 1020. The molecule has 3 heterocycles. The third-order valence-corrected chi connectivity index (χ3v) is 4.79. The zero-order valence-corrected chi connectivity index (χ0v) is 15.5. The van der Waals surface area contributed by atoms with Crippen LogP contribution in [0.4, 0.5) is 5.82 Å². The summed E-state index contributed by atoms with van der Waals surface area (Å²) in [6, 6.07) is 8.58. The van der Waals surface area contributed by atoms with E-state index in [-0.39, 0.29) is 0 Å². The first-order valence-corrected chi connectivity index (χ1v) is 8.88. The van der Waals surface area contributed by atoms with Crippen molar-refractivity contribution >= 4 is 46.3 Å². The summed E-state index contributed by atoms with van der Waals surface area (Å²) in [4.78, 5) is 8.68. The predicted octanol–water partition coefficient (Wildman–Crippen LogP) is 4.04. The normalized spacial score (nSPS) is 14.2. The van der Waals surface area contributed by atoms with Crippen molar-refractivity contribution in [1.29, 1.82) is 0 Å². The molecule has 132 valence electrons. The monoisotopic (exact) mass is 407 g/mol. The summed E-state index contributed by atoms with van der Waals surface area (Å²) in [5.41, 5.74) is 2.84. The molecule has 0 saturated heterocycles. The highest BCUT2D eigenvalue weighted by Crippen LogP contribution is 2.30. The van der Waals surface area contributed by atoms with Crippen molar-refractivity contribution in [1.82, 2.24) is 20.0 Å². The Hall–Kier alpha value is -1.99. The molecule has 26 heavy (non-hydrogen) atoms. The highest BCUT2D eigenvalue weighted by Gasteiger charge is 2.20. The molecule has 3 aromatic rings. The minimum Gasteiger partial charge on any atom is -0.382 e. The van der Waals surface area contributed by atoms with Crippen molar-refractivity contribution in [2.75, 3.05) is 0 Å². The van der Waals surface area contributed by atoms with Gasteiger partial charge in [0, 0.05) is 33.3 Å². The zero-order chi connectivity index (χ0) is 18.3. The maximum atomic E-state index is 10.5. The maximum absolute atomic E-state index is 10.5. The van der Waals surface area contributed by atoms with E-state index in [1.165, 1.54) is 0 Å². The van der Waals surface area contributed by atoms with Crippen molar-refractivity contribution in [2.45, 2.75) is 19.1 Å². The van der Waals surface area contributed by atoms with Gasteiger partial charge in [-0.05, 0) is 18.2 Å². The van der Waals surface area contributed by atoms with E-state index < -0.39 is 6.10 Å². The molecule has 0 saturated carbocycles. The minimum atomic E-state index is -0.989. The first kappa shape index (κ1) is 17.4. The molecule has 0 bridgehead atoms. The summed E-state index contributed by atoms with van der Waals surface area (Å²) >= 11 is 17.9. The summed E-state index contributed by atoms with van der Waals surface area (Å²) in [7, 11) is 0. The Morgan fingerprint density at radius 2 is 2.00 bits per heavy atom. The second-order valence-electron chi connectivity index (χ2n) is 5.88. The number of fused-ring (bicyclic) bond motifs is 1. The predicted molar refractivity (Wildman–Crippen MR) is 101 cm³/mol. The van der Waals surface area contributed by atoms with Gasteiger partial charge in [0.05, 0.1) is 12.7 Å². The van der Waals surface area contributed by atoms with Crippen LogP contribution in [0.3, 0.4) is 0 Å². The number of pyridine rings is 1. The smallest absolute Gasteiger partial charge is 0.157 e. The van der Waals surface area contributed by atoms with Crippen LogP contribution in [0, 0.1) is 0 Å². The molecule has 9 heteroatoms. The highest BCUT2D eigenvalue weighted by atomic mass is 35.5. The van der Waals surface area contributed by atoms with Crippen molar-refractivity contribution in [3.8, 4) is 0 Å². The van der Waals surface area contributed by atoms with Crippen LogP contribution in [-0.2, 0) is 13.0 Å². The molecule has 0 fully saturated rings. The number of aromatic nitrogens is 4. The minimum absolute atomic E-state index is 0.373. The Balaban J connectivity index is 1.51. The van der Waals surface area contributed by atoms with E-state index in [4.69, 9.17) is 34.8 Å². The summed E-state index contributed by atoms with van der Waals surface area (Å²) in [5.74, 6) is 0.640. The van der Waals surface area contributed by atoms with Crippen molar-refractivity contribution in [3.63, 3.8) is 0 Å². The van der Waals surface area contributed by atoms with Crippen LogP contribution in [0.5, 0.6) is 0 Å².